The van der Waals surface area contributed by atoms with Gasteiger partial charge in [-0.05, 0) is 48.5 Å². The molecule has 0 aromatic carbocycles. The molecule has 214 valence electrons. The number of carbonyl (C=O) groups excluding carboxylic acids is 2. The van der Waals surface area contributed by atoms with E-state index in [2.05, 4.69) is 43.8 Å². The van der Waals surface area contributed by atoms with Crippen LogP contribution >= 0.6 is 11.6 Å². The molecule has 3 aromatic rings. The van der Waals surface area contributed by atoms with Gasteiger partial charge in [0, 0.05) is 25.5 Å². The molecule has 0 N–H and O–H groups in total. The highest BCUT2D eigenvalue weighted by molar-refractivity contribution is 6.74. The van der Waals surface area contributed by atoms with Gasteiger partial charge in [0.1, 0.15) is 24.9 Å². The Hall–Kier alpha value is -3.22. The van der Waals surface area contributed by atoms with Gasteiger partial charge < -0.3 is 18.3 Å². The molecule has 3 aromatic heterocycles. The second-order valence-electron chi connectivity index (χ2n) is 11.8. The van der Waals surface area contributed by atoms with Crippen LogP contribution in [0.5, 0.6) is 11.9 Å². The summed E-state index contributed by atoms with van der Waals surface area (Å²) in [6.45, 7) is 11.7. The van der Waals surface area contributed by atoms with Crippen molar-refractivity contribution in [2.45, 2.75) is 64.3 Å². The molecule has 1 saturated carbocycles. The first-order valence-corrected chi connectivity index (χ1v) is 16.6. The lowest BCUT2D eigenvalue weighted by atomic mass is 10.1. The van der Waals surface area contributed by atoms with Crippen molar-refractivity contribution in [3.63, 3.8) is 0 Å². The monoisotopic (exact) mass is 586 g/mol. The number of imidazole rings is 1. The van der Waals surface area contributed by atoms with Gasteiger partial charge in [0.15, 0.2) is 14.0 Å². The summed E-state index contributed by atoms with van der Waals surface area (Å²) in [5.74, 6) is 0.448. The number of ether oxygens (including phenoxy) is 2. The largest absolute Gasteiger partial charge is 0.471 e. The van der Waals surface area contributed by atoms with Crippen LogP contribution in [0.3, 0.4) is 0 Å². The number of pyridine rings is 1. The molecule has 13 heteroatoms. The third kappa shape index (κ3) is 5.93. The molecular weight excluding hydrogens is 552 g/mol. The van der Waals surface area contributed by atoms with Crippen LogP contribution in [-0.2, 0) is 15.8 Å². The summed E-state index contributed by atoms with van der Waals surface area (Å²) in [6, 6.07) is 3.22. The maximum absolute atomic E-state index is 12.7. The Balaban J connectivity index is 1.28. The lowest BCUT2D eigenvalue weighted by Crippen LogP contribution is -2.41. The van der Waals surface area contributed by atoms with Gasteiger partial charge in [-0.15, -0.1) is 0 Å². The summed E-state index contributed by atoms with van der Waals surface area (Å²) in [6.07, 6.45) is 6.08. The normalized spacial score (nSPS) is 16.4. The minimum atomic E-state index is -1.88. The van der Waals surface area contributed by atoms with E-state index in [1.165, 1.54) is 18.0 Å². The Morgan fingerprint density at radius 1 is 1.05 bits per heavy atom. The molecule has 40 heavy (non-hydrogen) atoms. The van der Waals surface area contributed by atoms with Crippen LogP contribution in [0.2, 0.25) is 23.3 Å². The number of likely N-dealkylation sites (N-methyl/N-ethyl adjacent to an activating group) is 1. The fourth-order valence-corrected chi connectivity index (χ4v) is 5.35. The molecule has 0 atom stereocenters. The number of hydrogen-bond acceptors (Lipinski definition) is 8. The number of halogens is 1. The Morgan fingerprint density at radius 3 is 2.45 bits per heavy atom. The maximum atomic E-state index is 12.7. The predicted molar refractivity (Wildman–Crippen MR) is 153 cm³/mol. The summed E-state index contributed by atoms with van der Waals surface area (Å²) in [7, 11) is -0.391. The zero-order valence-electron chi connectivity index (χ0n) is 23.7. The van der Waals surface area contributed by atoms with Crippen molar-refractivity contribution >= 4 is 43.2 Å². The lowest BCUT2D eigenvalue weighted by Gasteiger charge is -2.36. The first-order valence-electron chi connectivity index (χ1n) is 13.4. The van der Waals surface area contributed by atoms with Gasteiger partial charge >= 0.3 is 12.0 Å². The minimum Gasteiger partial charge on any atom is -0.471 e. The van der Waals surface area contributed by atoms with Crippen molar-refractivity contribution in [1.82, 2.24) is 24.3 Å². The highest BCUT2D eigenvalue weighted by atomic mass is 35.5. The van der Waals surface area contributed by atoms with Crippen molar-refractivity contribution < 1.29 is 23.5 Å². The Labute approximate surface area is 239 Å². The standard InChI is InChI=1S/C27H35ClN6O5Si/c1-27(2,3)40(5,6)39-10-9-37-25-30-21(28)12-22(31-25)38-16-19-14-33-13-18(17-7-8-17)11-20(24(33)29-19)34-15-23(35)32(4)26(34)36/h11-14,17H,7-10,15-16H2,1-6H3. The third-order valence-electron chi connectivity index (χ3n) is 7.73. The summed E-state index contributed by atoms with van der Waals surface area (Å²) in [5, 5.41) is 0.300. The molecule has 1 aliphatic heterocycles. The fourth-order valence-electron chi connectivity index (χ4n) is 4.16. The highest BCUT2D eigenvalue weighted by Gasteiger charge is 2.38. The van der Waals surface area contributed by atoms with Gasteiger partial charge in [-0.1, -0.05) is 32.4 Å². The third-order valence-corrected chi connectivity index (χ3v) is 12.5. The van der Waals surface area contributed by atoms with Crippen LogP contribution in [0.15, 0.2) is 24.5 Å². The van der Waals surface area contributed by atoms with E-state index >= 15 is 0 Å². The van der Waals surface area contributed by atoms with E-state index in [4.69, 9.17) is 30.5 Å². The second kappa shape index (κ2) is 10.6. The fraction of sp³-hybridized carbons (Fsp3) is 0.519. The average molecular weight is 587 g/mol. The number of imide groups is 1. The van der Waals surface area contributed by atoms with E-state index in [0.717, 1.165) is 23.3 Å². The molecule has 0 unspecified atom stereocenters. The summed E-state index contributed by atoms with van der Waals surface area (Å²) >= 11 is 6.20. The molecule has 1 aliphatic carbocycles. The van der Waals surface area contributed by atoms with E-state index in [1.807, 2.05) is 22.9 Å². The van der Waals surface area contributed by atoms with E-state index in [1.54, 1.807) is 0 Å². The summed E-state index contributed by atoms with van der Waals surface area (Å²) in [5.41, 5.74) is 2.93. The predicted octanol–water partition coefficient (Wildman–Crippen LogP) is 5.03. The zero-order chi connectivity index (χ0) is 28.8. The molecule has 3 amide bonds. The van der Waals surface area contributed by atoms with Gasteiger partial charge in [0.2, 0.25) is 11.8 Å². The second-order valence-corrected chi connectivity index (χ2v) is 17.0. The zero-order valence-corrected chi connectivity index (χ0v) is 25.5. The van der Waals surface area contributed by atoms with E-state index in [-0.39, 0.29) is 53.8 Å². The SMILES string of the molecule is CN1C(=O)CN(c2cc(C3CC3)cn3cc(COc4cc(Cl)nc(OCCO[Si](C)(C)C(C)(C)C)n4)nc23)C1=O. The smallest absolute Gasteiger partial charge is 0.331 e. The van der Waals surface area contributed by atoms with Gasteiger partial charge in [-0.2, -0.15) is 9.97 Å². The molecule has 2 fully saturated rings. The number of carbonyl (C=O) groups is 2. The number of nitrogens with zero attached hydrogens (tertiary/aromatic N) is 6. The van der Waals surface area contributed by atoms with E-state index in [9.17, 15) is 9.59 Å². The molecular formula is C27H35ClN6O5Si. The Kier molecular flexibility index (Phi) is 7.53. The van der Waals surface area contributed by atoms with Crippen molar-refractivity contribution in [3.05, 3.63) is 40.9 Å². The number of fused-ring (bicyclic) bond motifs is 1. The Morgan fingerprint density at radius 2 is 1.80 bits per heavy atom. The number of aromatic nitrogens is 4. The van der Waals surface area contributed by atoms with Crippen LogP contribution in [-0.4, -0.2) is 71.3 Å². The van der Waals surface area contributed by atoms with Gasteiger partial charge in [-0.3, -0.25) is 14.6 Å². The van der Waals surface area contributed by atoms with Gasteiger partial charge in [0.25, 0.3) is 0 Å². The van der Waals surface area contributed by atoms with Crippen LogP contribution in [0, 0.1) is 0 Å². The molecule has 0 radical (unpaired) electrons. The first-order chi connectivity index (χ1) is 18.8. The van der Waals surface area contributed by atoms with Crippen molar-refractivity contribution in [2.75, 3.05) is 31.7 Å². The Bertz CT molecular complexity index is 1450. The highest BCUT2D eigenvalue weighted by Crippen LogP contribution is 2.42. The van der Waals surface area contributed by atoms with Crippen molar-refractivity contribution in [1.29, 1.82) is 0 Å². The van der Waals surface area contributed by atoms with Crippen LogP contribution in [0.4, 0.5) is 10.5 Å². The molecule has 4 heterocycles. The number of amides is 3. The van der Waals surface area contributed by atoms with E-state index in [0.29, 0.717) is 29.6 Å². The summed E-state index contributed by atoms with van der Waals surface area (Å²) < 4.78 is 19.6. The number of urea groups is 1. The number of hydrogen-bond donors (Lipinski definition) is 0. The summed E-state index contributed by atoms with van der Waals surface area (Å²) in [4.78, 5) is 40.7. The average Bonchev–Trinajstić information content (AvgIpc) is 3.60. The molecule has 1 saturated heterocycles. The van der Waals surface area contributed by atoms with Crippen molar-refractivity contribution in [3.8, 4) is 11.9 Å². The first kappa shape index (κ1) is 28.3. The lowest BCUT2D eigenvalue weighted by molar-refractivity contribution is -0.123. The minimum absolute atomic E-state index is 0.0129. The van der Waals surface area contributed by atoms with Gasteiger partial charge in [0.05, 0.1) is 18.0 Å². The number of anilines is 1. The molecule has 0 bridgehead atoms. The van der Waals surface area contributed by atoms with Crippen LogP contribution in [0.25, 0.3) is 5.65 Å². The molecule has 11 nitrogen and oxygen atoms in total. The van der Waals surface area contributed by atoms with Crippen molar-refractivity contribution in [2.24, 2.45) is 0 Å². The van der Waals surface area contributed by atoms with E-state index < -0.39 is 8.32 Å². The van der Waals surface area contributed by atoms with Crippen LogP contribution < -0.4 is 14.4 Å². The number of rotatable bonds is 10. The van der Waals surface area contributed by atoms with Gasteiger partial charge in [-0.25, -0.2) is 9.78 Å². The maximum Gasteiger partial charge on any atom is 0.331 e. The topological polar surface area (TPSA) is 111 Å². The van der Waals surface area contributed by atoms with Crippen LogP contribution in [0.1, 0.15) is 50.8 Å². The molecule has 5 rings (SSSR count). The molecule has 2 aliphatic rings. The quantitative estimate of drug-likeness (QED) is 0.141. The molecule has 0 spiro atoms.